The van der Waals surface area contributed by atoms with Gasteiger partial charge in [-0.3, -0.25) is 4.79 Å². The van der Waals surface area contributed by atoms with E-state index >= 15 is 0 Å². The minimum absolute atomic E-state index is 0.201. The number of pyridine rings is 1. The van der Waals surface area contributed by atoms with Crippen LogP contribution in [0, 0.1) is 6.92 Å². The lowest BCUT2D eigenvalue weighted by atomic mass is 10.0. The molecule has 0 fully saturated rings. The van der Waals surface area contributed by atoms with Crippen molar-refractivity contribution in [3.05, 3.63) is 70.5 Å². The summed E-state index contributed by atoms with van der Waals surface area (Å²) in [6.07, 6.45) is 0. The number of nitrogens with one attached hydrogen (secondary N) is 1. The summed E-state index contributed by atoms with van der Waals surface area (Å²) in [5.74, 6) is 0.431. The largest absolute Gasteiger partial charge is 0.321 e. The summed E-state index contributed by atoms with van der Waals surface area (Å²) in [5, 5.41) is 12.8. The lowest BCUT2D eigenvalue weighted by molar-refractivity contribution is 0.791. The Hall–Kier alpha value is -3.28. The number of fused-ring (bicyclic) bond motifs is 1. The Morgan fingerprint density at radius 1 is 1.00 bits per heavy atom. The summed E-state index contributed by atoms with van der Waals surface area (Å²) in [6.45, 7) is 1.91. The third-order valence-electron chi connectivity index (χ3n) is 3.88. The van der Waals surface area contributed by atoms with Crippen molar-refractivity contribution in [1.29, 1.82) is 0 Å². The molecule has 2 aromatic carbocycles. The Morgan fingerprint density at radius 2 is 1.74 bits per heavy atom. The molecule has 0 unspecified atom stereocenters. The molecule has 0 bridgehead atoms. The van der Waals surface area contributed by atoms with Gasteiger partial charge in [-0.2, -0.15) is 4.68 Å². The van der Waals surface area contributed by atoms with E-state index in [0.29, 0.717) is 11.4 Å². The maximum absolute atomic E-state index is 12.6. The van der Waals surface area contributed by atoms with Crippen molar-refractivity contribution in [2.75, 3.05) is 0 Å². The van der Waals surface area contributed by atoms with Gasteiger partial charge in [-0.05, 0) is 41.1 Å². The minimum Gasteiger partial charge on any atom is -0.321 e. The number of nitrogens with zero attached hydrogens (tertiary/aromatic N) is 4. The average Bonchev–Trinajstić information content (AvgIpc) is 3.05. The molecule has 0 amide bonds. The van der Waals surface area contributed by atoms with Gasteiger partial charge in [0.05, 0.1) is 11.3 Å². The van der Waals surface area contributed by atoms with Gasteiger partial charge in [-0.25, -0.2) is 0 Å². The molecule has 23 heavy (non-hydrogen) atoms. The highest BCUT2D eigenvalue weighted by Gasteiger charge is 2.18. The minimum atomic E-state index is -0.201. The monoisotopic (exact) mass is 303 g/mol. The van der Waals surface area contributed by atoms with Crippen LogP contribution in [0.3, 0.4) is 0 Å². The second-order valence-corrected chi connectivity index (χ2v) is 5.25. The van der Waals surface area contributed by atoms with Crippen LogP contribution in [0.2, 0.25) is 0 Å². The van der Waals surface area contributed by atoms with Gasteiger partial charge < -0.3 is 4.98 Å². The van der Waals surface area contributed by atoms with Crippen LogP contribution in [0.15, 0.2) is 59.4 Å². The zero-order chi connectivity index (χ0) is 15.8. The summed E-state index contributed by atoms with van der Waals surface area (Å²) in [7, 11) is 0. The topological polar surface area (TPSA) is 76.5 Å². The molecule has 0 aliphatic rings. The third-order valence-corrected chi connectivity index (χ3v) is 3.88. The molecule has 0 saturated heterocycles. The van der Waals surface area contributed by atoms with Crippen molar-refractivity contribution < 1.29 is 0 Å². The fourth-order valence-corrected chi connectivity index (χ4v) is 2.76. The van der Waals surface area contributed by atoms with Crippen molar-refractivity contribution in [1.82, 2.24) is 25.2 Å². The second-order valence-electron chi connectivity index (χ2n) is 5.25. The van der Waals surface area contributed by atoms with Crippen molar-refractivity contribution in [3.63, 3.8) is 0 Å². The van der Waals surface area contributed by atoms with Gasteiger partial charge in [0.1, 0.15) is 0 Å². The molecule has 6 heteroatoms. The van der Waals surface area contributed by atoms with E-state index in [1.807, 2.05) is 61.5 Å². The lowest BCUT2D eigenvalue weighted by Gasteiger charge is -2.09. The van der Waals surface area contributed by atoms with Crippen molar-refractivity contribution >= 4 is 10.9 Å². The maximum Gasteiger partial charge on any atom is 0.259 e. The molecule has 6 nitrogen and oxygen atoms in total. The fourth-order valence-electron chi connectivity index (χ4n) is 2.76. The molecular weight excluding hydrogens is 290 g/mol. The molecule has 112 valence electrons. The standard InChI is InChI=1S/C17H13N5O/c1-11-13-9-5-6-10-14(13)18-17(23)15(11)16-19-20-21-22(16)12-7-3-2-4-8-12/h2-10H,1H3,(H,18,23). The van der Waals surface area contributed by atoms with Crippen LogP contribution < -0.4 is 5.56 Å². The van der Waals surface area contributed by atoms with Crippen LogP contribution in [0.25, 0.3) is 28.0 Å². The zero-order valence-corrected chi connectivity index (χ0v) is 12.4. The number of aromatic amines is 1. The van der Waals surface area contributed by atoms with Gasteiger partial charge in [0.15, 0.2) is 5.82 Å². The summed E-state index contributed by atoms with van der Waals surface area (Å²) < 4.78 is 1.58. The van der Waals surface area contributed by atoms with E-state index in [2.05, 4.69) is 20.5 Å². The van der Waals surface area contributed by atoms with E-state index in [-0.39, 0.29) is 5.56 Å². The van der Waals surface area contributed by atoms with Gasteiger partial charge in [0, 0.05) is 10.9 Å². The Bertz CT molecular complexity index is 1050. The summed E-state index contributed by atoms with van der Waals surface area (Å²) in [6, 6.07) is 17.2. The first kappa shape index (κ1) is 13.4. The van der Waals surface area contributed by atoms with Crippen LogP contribution in [-0.4, -0.2) is 25.2 Å². The number of aryl methyl sites for hydroxylation is 1. The molecule has 1 N–H and O–H groups in total. The number of aromatic nitrogens is 5. The van der Waals surface area contributed by atoms with Crippen LogP contribution in [-0.2, 0) is 0 Å². The Morgan fingerprint density at radius 3 is 2.57 bits per heavy atom. The number of para-hydroxylation sites is 2. The third kappa shape index (κ3) is 2.12. The van der Waals surface area contributed by atoms with E-state index < -0.39 is 0 Å². The van der Waals surface area contributed by atoms with Gasteiger partial charge in [0.2, 0.25) is 0 Å². The number of benzene rings is 2. The predicted octanol–water partition coefficient (Wildman–Crippen LogP) is 2.48. The van der Waals surface area contributed by atoms with Crippen molar-refractivity contribution in [2.45, 2.75) is 6.92 Å². The molecule has 0 aliphatic heterocycles. The molecule has 0 saturated carbocycles. The van der Waals surface area contributed by atoms with Crippen molar-refractivity contribution in [3.8, 4) is 17.1 Å². The molecule has 4 aromatic rings. The summed E-state index contributed by atoms with van der Waals surface area (Å²) >= 11 is 0. The summed E-state index contributed by atoms with van der Waals surface area (Å²) in [4.78, 5) is 15.5. The zero-order valence-electron chi connectivity index (χ0n) is 12.4. The molecule has 4 rings (SSSR count). The average molecular weight is 303 g/mol. The van der Waals surface area contributed by atoms with Crippen molar-refractivity contribution in [2.24, 2.45) is 0 Å². The van der Waals surface area contributed by atoms with Crippen LogP contribution in [0.5, 0.6) is 0 Å². The van der Waals surface area contributed by atoms with E-state index in [1.165, 1.54) is 0 Å². The first-order valence-corrected chi connectivity index (χ1v) is 7.21. The Kier molecular flexibility index (Phi) is 3.01. The highest BCUT2D eigenvalue weighted by molar-refractivity contribution is 5.87. The second kappa shape index (κ2) is 5.17. The quantitative estimate of drug-likeness (QED) is 0.617. The van der Waals surface area contributed by atoms with E-state index in [1.54, 1.807) is 4.68 Å². The number of hydrogen-bond acceptors (Lipinski definition) is 4. The number of rotatable bonds is 2. The molecule has 0 spiro atoms. The van der Waals surface area contributed by atoms with E-state index in [9.17, 15) is 4.79 Å². The number of hydrogen-bond donors (Lipinski definition) is 1. The van der Waals surface area contributed by atoms with E-state index in [4.69, 9.17) is 0 Å². The van der Waals surface area contributed by atoms with Crippen LogP contribution in [0.4, 0.5) is 0 Å². The molecule has 2 heterocycles. The smallest absolute Gasteiger partial charge is 0.259 e. The molecule has 0 atom stereocenters. The molecule has 0 radical (unpaired) electrons. The number of tetrazole rings is 1. The van der Waals surface area contributed by atoms with E-state index in [0.717, 1.165) is 22.2 Å². The maximum atomic E-state index is 12.6. The highest BCUT2D eigenvalue weighted by Crippen LogP contribution is 2.24. The lowest BCUT2D eigenvalue weighted by Crippen LogP contribution is -2.14. The van der Waals surface area contributed by atoms with Crippen LogP contribution in [0.1, 0.15) is 5.56 Å². The first-order valence-electron chi connectivity index (χ1n) is 7.21. The molecule has 0 aliphatic carbocycles. The summed E-state index contributed by atoms with van der Waals surface area (Å²) in [5.41, 5.74) is 2.75. The Labute approximate surface area is 131 Å². The SMILES string of the molecule is Cc1c(-c2nnnn2-c2ccccc2)c(=O)[nH]c2ccccc12. The number of H-pyrrole nitrogens is 1. The van der Waals surface area contributed by atoms with Gasteiger partial charge >= 0.3 is 0 Å². The highest BCUT2D eigenvalue weighted by atomic mass is 16.1. The van der Waals surface area contributed by atoms with Crippen LogP contribution >= 0.6 is 0 Å². The first-order chi connectivity index (χ1) is 11.3. The predicted molar refractivity (Wildman–Crippen MR) is 87.5 cm³/mol. The van der Waals surface area contributed by atoms with Gasteiger partial charge in [-0.15, -0.1) is 5.10 Å². The Balaban J connectivity index is 2.02. The van der Waals surface area contributed by atoms with Gasteiger partial charge in [-0.1, -0.05) is 36.4 Å². The normalized spacial score (nSPS) is 11.0. The van der Waals surface area contributed by atoms with Gasteiger partial charge in [0.25, 0.3) is 5.56 Å². The fraction of sp³-hybridized carbons (Fsp3) is 0.0588. The molecule has 2 aromatic heterocycles. The molecular formula is C17H13N5O.